The van der Waals surface area contributed by atoms with Crippen molar-refractivity contribution >= 4 is 34.1 Å². The number of rotatable bonds is 8. The molecule has 1 aromatic heterocycles. The average molecular weight is 430 g/mol. The second-order valence-electron chi connectivity index (χ2n) is 6.48. The molecule has 0 saturated carbocycles. The second-order valence-corrected chi connectivity index (χ2v) is 9.16. The Bertz CT molecular complexity index is 989. The van der Waals surface area contributed by atoms with Crippen LogP contribution in [0.15, 0.2) is 47.4 Å². The molecule has 3 rings (SSSR count). The highest BCUT2D eigenvalue weighted by molar-refractivity contribution is 8.00. The van der Waals surface area contributed by atoms with Crippen molar-refractivity contribution in [3.8, 4) is 11.5 Å². The van der Waals surface area contributed by atoms with Crippen molar-refractivity contribution in [2.24, 2.45) is 0 Å². The van der Waals surface area contributed by atoms with Gasteiger partial charge in [-0.05, 0) is 29.8 Å². The van der Waals surface area contributed by atoms with Crippen LogP contribution >= 0.6 is 23.1 Å². The minimum atomic E-state index is -0.178. The maximum absolute atomic E-state index is 12.7. The van der Waals surface area contributed by atoms with E-state index in [1.54, 1.807) is 26.0 Å². The number of ether oxygens (including phenoxy) is 2. The van der Waals surface area contributed by atoms with E-state index >= 15 is 0 Å². The van der Waals surface area contributed by atoms with Gasteiger partial charge in [-0.15, -0.1) is 22.0 Å². The number of carbonyl (C=O) groups is 1. The molecule has 152 valence electrons. The Kier molecular flexibility index (Phi) is 7.11. The number of benzene rings is 2. The quantitative estimate of drug-likeness (QED) is 0.514. The molecule has 0 fully saturated rings. The van der Waals surface area contributed by atoms with Gasteiger partial charge >= 0.3 is 0 Å². The molecule has 0 aliphatic heterocycles. The van der Waals surface area contributed by atoms with Crippen LogP contribution in [0, 0.1) is 0 Å². The van der Waals surface area contributed by atoms with E-state index in [0.29, 0.717) is 33.9 Å². The Morgan fingerprint density at radius 2 is 1.86 bits per heavy atom. The number of nitrogens with zero attached hydrogens (tertiary/aromatic N) is 2. The van der Waals surface area contributed by atoms with E-state index in [1.807, 2.05) is 42.5 Å². The number of nitrogens with one attached hydrogen (secondary N) is 1. The molecule has 0 aliphatic rings. The topological polar surface area (TPSA) is 73.3 Å². The Morgan fingerprint density at radius 3 is 2.59 bits per heavy atom. The summed E-state index contributed by atoms with van der Waals surface area (Å²) in [5, 5.41) is 12.9. The van der Waals surface area contributed by atoms with Crippen LogP contribution in [0.1, 0.15) is 34.8 Å². The summed E-state index contributed by atoms with van der Waals surface area (Å²) in [4.78, 5) is 13.7. The van der Waals surface area contributed by atoms with E-state index in [4.69, 9.17) is 9.47 Å². The van der Waals surface area contributed by atoms with E-state index in [9.17, 15) is 4.79 Å². The van der Waals surface area contributed by atoms with Crippen LogP contribution in [0.4, 0.5) is 5.13 Å². The zero-order valence-corrected chi connectivity index (χ0v) is 18.4. The molecule has 0 aliphatic carbocycles. The Hall–Kier alpha value is -2.58. The number of hydrogen-bond donors (Lipinski definition) is 1. The monoisotopic (exact) mass is 429 g/mol. The minimum Gasteiger partial charge on any atom is -0.493 e. The van der Waals surface area contributed by atoms with Crippen LogP contribution in [0.25, 0.3) is 0 Å². The van der Waals surface area contributed by atoms with Gasteiger partial charge in [-0.25, -0.2) is 0 Å². The van der Waals surface area contributed by atoms with E-state index in [2.05, 4.69) is 29.4 Å². The third-order valence-electron chi connectivity index (χ3n) is 3.98. The van der Waals surface area contributed by atoms with Gasteiger partial charge in [0, 0.05) is 16.6 Å². The lowest BCUT2D eigenvalue weighted by Gasteiger charge is -2.10. The van der Waals surface area contributed by atoms with Crippen molar-refractivity contribution in [3.63, 3.8) is 0 Å². The lowest BCUT2D eigenvalue weighted by molar-refractivity contribution is 0.102. The summed E-state index contributed by atoms with van der Waals surface area (Å²) in [6.45, 7) is 4.20. The highest BCUT2D eigenvalue weighted by Crippen LogP contribution is 2.30. The molecule has 1 amide bonds. The molecule has 8 heteroatoms. The summed E-state index contributed by atoms with van der Waals surface area (Å²) in [6, 6.07) is 13.3. The molecule has 0 saturated heterocycles. The van der Waals surface area contributed by atoms with Gasteiger partial charge in [-0.3, -0.25) is 10.1 Å². The molecule has 2 aromatic carbocycles. The van der Waals surface area contributed by atoms with Gasteiger partial charge in [0.15, 0.2) is 11.5 Å². The first-order valence-electron chi connectivity index (χ1n) is 9.10. The number of thioether (sulfide) groups is 1. The Balaban J connectivity index is 1.70. The summed E-state index contributed by atoms with van der Waals surface area (Å²) in [6.07, 6.45) is 0.591. The van der Waals surface area contributed by atoms with Gasteiger partial charge in [-0.1, -0.05) is 43.4 Å². The smallest absolute Gasteiger partial charge is 0.258 e. The van der Waals surface area contributed by atoms with Crippen LogP contribution in [-0.2, 0) is 6.42 Å². The van der Waals surface area contributed by atoms with Crippen LogP contribution in [0.3, 0.4) is 0 Å². The minimum absolute atomic E-state index is 0.178. The summed E-state index contributed by atoms with van der Waals surface area (Å²) in [5.74, 6) is 1.17. The van der Waals surface area contributed by atoms with Gasteiger partial charge in [0.05, 0.1) is 19.8 Å². The fourth-order valence-electron chi connectivity index (χ4n) is 2.72. The normalized spacial score (nSPS) is 10.8. The molecular formula is C21H23N3O3S2. The number of methoxy groups -OCH3 is 2. The zero-order valence-electron chi connectivity index (χ0n) is 16.8. The van der Waals surface area contributed by atoms with Gasteiger partial charge in [0.25, 0.3) is 5.91 Å². The molecule has 0 spiro atoms. The molecule has 3 aromatic rings. The van der Waals surface area contributed by atoms with Crippen molar-refractivity contribution in [1.82, 2.24) is 10.2 Å². The fourth-order valence-corrected chi connectivity index (χ4v) is 4.44. The van der Waals surface area contributed by atoms with Crippen molar-refractivity contribution in [3.05, 3.63) is 58.6 Å². The van der Waals surface area contributed by atoms with Crippen LogP contribution < -0.4 is 14.8 Å². The summed E-state index contributed by atoms with van der Waals surface area (Å²) >= 11 is 3.02. The molecule has 1 heterocycles. The lowest BCUT2D eigenvalue weighted by atomic mass is 10.1. The first kappa shape index (κ1) is 21.1. The number of aromatic nitrogens is 2. The largest absolute Gasteiger partial charge is 0.493 e. The van der Waals surface area contributed by atoms with Gasteiger partial charge < -0.3 is 9.47 Å². The maximum atomic E-state index is 12.7. The summed E-state index contributed by atoms with van der Waals surface area (Å²) in [7, 11) is 3.21. The molecule has 29 heavy (non-hydrogen) atoms. The van der Waals surface area contributed by atoms with E-state index in [-0.39, 0.29) is 5.91 Å². The number of amides is 1. The number of anilines is 1. The highest BCUT2D eigenvalue weighted by Gasteiger charge is 2.15. The number of carbonyl (C=O) groups excluding carboxylic acids is 1. The first-order chi connectivity index (χ1) is 14.0. The van der Waals surface area contributed by atoms with E-state index in [0.717, 1.165) is 15.5 Å². The van der Waals surface area contributed by atoms with Crippen LogP contribution in [0.2, 0.25) is 0 Å². The van der Waals surface area contributed by atoms with Crippen molar-refractivity contribution in [2.75, 3.05) is 19.5 Å². The standard InChI is InChI=1S/C21H23N3O3S2/c1-13(2)28-18-8-6-5-7-15(18)20(25)22-21-24-23-19(29-21)12-14-9-10-16(26-3)17(11-14)27-4/h5-11,13H,12H2,1-4H3,(H,22,24,25). The van der Waals surface area contributed by atoms with Gasteiger partial charge in [0.2, 0.25) is 5.13 Å². The summed E-state index contributed by atoms with van der Waals surface area (Å²) < 4.78 is 10.6. The van der Waals surface area contributed by atoms with E-state index in [1.165, 1.54) is 11.3 Å². The van der Waals surface area contributed by atoms with E-state index < -0.39 is 0 Å². The van der Waals surface area contributed by atoms with Crippen molar-refractivity contribution in [1.29, 1.82) is 0 Å². The van der Waals surface area contributed by atoms with Crippen LogP contribution in [0.5, 0.6) is 11.5 Å². The SMILES string of the molecule is COc1ccc(Cc2nnc(NC(=O)c3ccccc3SC(C)C)s2)cc1OC. The molecule has 0 radical (unpaired) electrons. The van der Waals surface area contributed by atoms with Gasteiger partial charge in [-0.2, -0.15) is 0 Å². The lowest BCUT2D eigenvalue weighted by Crippen LogP contribution is -2.13. The van der Waals surface area contributed by atoms with Crippen LogP contribution in [-0.4, -0.2) is 35.6 Å². The molecule has 0 atom stereocenters. The third kappa shape index (κ3) is 5.48. The van der Waals surface area contributed by atoms with Gasteiger partial charge in [0.1, 0.15) is 5.01 Å². The highest BCUT2D eigenvalue weighted by atomic mass is 32.2. The molecule has 0 unspecified atom stereocenters. The Morgan fingerprint density at radius 1 is 1.10 bits per heavy atom. The maximum Gasteiger partial charge on any atom is 0.258 e. The second kappa shape index (κ2) is 9.76. The third-order valence-corrected chi connectivity index (χ3v) is 5.90. The summed E-state index contributed by atoms with van der Waals surface area (Å²) in [5.41, 5.74) is 1.66. The Labute approximate surface area is 178 Å². The molecule has 6 nitrogen and oxygen atoms in total. The fraction of sp³-hybridized carbons (Fsp3) is 0.286. The average Bonchev–Trinajstić information content (AvgIpc) is 3.14. The van der Waals surface area contributed by atoms with Crippen molar-refractivity contribution in [2.45, 2.75) is 30.4 Å². The molecular weight excluding hydrogens is 406 g/mol. The zero-order chi connectivity index (χ0) is 20.8. The van der Waals surface area contributed by atoms with Crippen molar-refractivity contribution < 1.29 is 14.3 Å². The molecule has 1 N–H and O–H groups in total. The molecule has 0 bridgehead atoms. The number of hydrogen-bond acceptors (Lipinski definition) is 7. The first-order valence-corrected chi connectivity index (χ1v) is 10.8. The predicted octanol–water partition coefficient (Wildman–Crippen LogP) is 4.90. The predicted molar refractivity (Wildman–Crippen MR) is 118 cm³/mol.